The summed E-state index contributed by atoms with van der Waals surface area (Å²) >= 11 is 0. The van der Waals surface area contributed by atoms with Crippen molar-refractivity contribution in [2.45, 2.75) is 52.1 Å². The van der Waals surface area contributed by atoms with Gasteiger partial charge in [0.2, 0.25) is 0 Å². The van der Waals surface area contributed by atoms with Crippen LogP contribution in [0.4, 0.5) is 4.79 Å². The highest BCUT2D eigenvalue weighted by atomic mass is 16.6. The SMILES string of the molecule is COC(=O)c1cc(O)cc(OCCCCCCNC(=O)OC(C)(C)C)c1. The molecule has 1 amide bonds. The Kier molecular flexibility index (Phi) is 8.75. The Hall–Kier alpha value is -2.44. The average Bonchev–Trinajstić information content (AvgIpc) is 2.54. The minimum absolute atomic E-state index is 0.0453. The molecule has 0 spiro atoms. The lowest BCUT2D eigenvalue weighted by molar-refractivity contribution is 0.0525. The van der Waals surface area contributed by atoms with Gasteiger partial charge in [-0.3, -0.25) is 0 Å². The summed E-state index contributed by atoms with van der Waals surface area (Å²) in [6, 6.07) is 4.32. The first-order valence-corrected chi connectivity index (χ1v) is 8.73. The van der Waals surface area contributed by atoms with Crippen LogP contribution in [0.25, 0.3) is 0 Å². The number of ether oxygens (including phenoxy) is 3. The molecule has 0 aliphatic rings. The molecule has 0 bridgehead atoms. The van der Waals surface area contributed by atoms with Gasteiger partial charge in [0.25, 0.3) is 0 Å². The Morgan fingerprint density at radius 3 is 2.42 bits per heavy atom. The summed E-state index contributed by atoms with van der Waals surface area (Å²) in [6.45, 7) is 6.53. The van der Waals surface area contributed by atoms with Gasteiger partial charge in [-0.1, -0.05) is 12.8 Å². The van der Waals surface area contributed by atoms with E-state index in [0.717, 1.165) is 25.7 Å². The lowest BCUT2D eigenvalue weighted by Crippen LogP contribution is -2.32. The summed E-state index contributed by atoms with van der Waals surface area (Å²) in [5, 5.41) is 12.3. The van der Waals surface area contributed by atoms with Crippen LogP contribution in [-0.4, -0.2) is 43.0 Å². The van der Waals surface area contributed by atoms with Crippen molar-refractivity contribution in [2.75, 3.05) is 20.3 Å². The highest BCUT2D eigenvalue weighted by Crippen LogP contribution is 2.22. The predicted molar refractivity (Wildman–Crippen MR) is 97.6 cm³/mol. The van der Waals surface area contributed by atoms with E-state index < -0.39 is 17.7 Å². The minimum Gasteiger partial charge on any atom is -0.508 e. The smallest absolute Gasteiger partial charge is 0.407 e. The van der Waals surface area contributed by atoms with Crippen molar-refractivity contribution in [3.05, 3.63) is 23.8 Å². The molecule has 0 saturated heterocycles. The minimum atomic E-state index is -0.525. The van der Waals surface area contributed by atoms with E-state index in [9.17, 15) is 14.7 Å². The van der Waals surface area contributed by atoms with E-state index in [1.54, 1.807) is 0 Å². The number of esters is 1. The zero-order chi connectivity index (χ0) is 19.6. The van der Waals surface area contributed by atoms with Crippen molar-refractivity contribution in [3.63, 3.8) is 0 Å². The van der Waals surface area contributed by atoms with Crippen LogP contribution in [0.3, 0.4) is 0 Å². The number of carbonyl (C=O) groups excluding carboxylic acids is 2. The third-order valence-electron chi connectivity index (χ3n) is 3.32. The molecule has 26 heavy (non-hydrogen) atoms. The zero-order valence-electron chi connectivity index (χ0n) is 16.0. The van der Waals surface area contributed by atoms with Crippen molar-refractivity contribution in [1.29, 1.82) is 0 Å². The fourth-order valence-corrected chi connectivity index (χ4v) is 2.18. The van der Waals surface area contributed by atoms with Crippen LogP contribution < -0.4 is 10.1 Å². The molecule has 0 radical (unpaired) electrons. The Morgan fingerprint density at radius 2 is 1.77 bits per heavy atom. The summed E-state index contributed by atoms with van der Waals surface area (Å²) in [5.41, 5.74) is -0.239. The lowest BCUT2D eigenvalue weighted by atomic mass is 10.2. The predicted octanol–water partition coefficient (Wildman–Crippen LogP) is 3.64. The van der Waals surface area contributed by atoms with E-state index >= 15 is 0 Å². The van der Waals surface area contributed by atoms with Crippen LogP contribution >= 0.6 is 0 Å². The number of benzene rings is 1. The molecule has 0 heterocycles. The van der Waals surface area contributed by atoms with E-state index in [1.165, 1.54) is 25.3 Å². The topological polar surface area (TPSA) is 94.1 Å². The van der Waals surface area contributed by atoms with E-state index in [2.05, 4.69) is 10.1 Å². The Morgan fingerprint density at radius 1 is 1.08 bits per heavy atom. The van der Waals surface area contributed by atoms with Gasteiger partial charge in [-0.15, -0.1) is 0 Å². The molecule has 0 fully saturated rings. The summed E-state index contributed by atoms with van der Waals surface area (Å²) in [7, 11) is 1.28. The molecule has 1 aromatic rings. The van der Waals surface area contributed by atoms with Crippen LogP contribution in [0.1, 0.15) is 56.8 Å². The number of hydrogen-bond acceptors (Lipinski definition) is 6. The van der Waals surface area contributed by atoms with Gasteiger partial charge in [-0.25, -0.2) is 9.59 Å². The summed E-state index contributed by atoms with van der Waals surface area (Å²) in [5.74, 6) is -0.142. The maximum absolute atomic E-state index is 11.5. The molecule has 0 aliphatic heterocycles. The van der Waals surface area contributed by atoms with Gasteiger partial charge >= 0.3 is 12.1 Å². The maximum Gasteiger partial charge on any atom is 0.407 e. The van der Waals surface area contributed by atoms with E-state index in [4.69, 9.17) is 9.47 Å². The first-order chi connectivity index (χ1) is 12.2. The number of rotatable bonds is 9. The first kappa shape index (κ1) is 21.6. The molecule has 0 aliphatic carbocycles. The monoisotopic (exact) mass is 367 g/mol. The second-order valence-electron chi connectivity index (χ2n) is 6.90. The summed E-state index contributed by atoms with van der Waals surface area (Å²) < 4.78 is 15.3. The molecule has 146 valence electrons. The van der Waals surface area contributed by atoms with E-state index in [-0.39, 0.29) is 11.3 Å². The number of phenols is 1. The number of amides is 1. The van der Waals surface area contributed by atoms with Crippen molar-refractivity contribution < 1.29 is 28.9 Å². The molecule has 0 aromatic heterocycles. The Balaban J connectivity index is 2.17. The molecule has 7 nitrogen and oxygen atoms in total. The molecular formula is C19H29NO6. The Labute approximate surface area is 154 Å². The van der Waals surface area contributed by atoms with Crippen LogP contribution in [0.2, 0.25) is 0 Å². The highest BCUT2D eigenvalue weighted by Gasteiger charge is 2.15. The first-order valence-electron chi connectivity index (χ1n) is 8.73. The summed E-state index contributed by atoms with van der Waals surface area (Å²) in [4.78, 5) is 23.0. The third kappa shape index (κ3) is 9.15. The number of phenolic OH excluding ortho intramolecular Hbond substituents is 1. The van der Waals surface area contributed by atoms with E-state index in [1.807, 2.05) is 20.8 Å². The van der Waals surface area contributed by atoms with Crippen LogP contribution in [0, 0.1) is 0 Å². The van der Waals surface area contributed by atoms with Crippen molar-refractivity contribution in [1.82, 2.24) is 5.32 Å². The number of hydrogen-bond donors (Lipinski definition) is 2. The number of alkyl carbamates (subject to hydrolysis) is 1. The molecule has 2 N–H and O–H groups in total. The van der Waals surface area contributed by atoms with Crippen molar-refractivity contribution >= 4 is 12.1 Å². The van der Waals surface area contributed by atoms with Gasteiger partial charge in [0.1, 0.15) is 17.1 Å². The number of nitrogens with one attached hydrogen (secondary N) is 1. The standard InChI is InChI=1S/C19H29NO6/c1-19(2,3)26-18(23)20-9-7-5-6-8-10-25-16-12-14(17(22)24-4)11-15(21)13-16/h11-13,21H,5-10H2,1-4H3,(H,20,23). The number of aromatic hydroxyl groups is 1. The fraction of sp³-hybridized carbons (Fsp3) is 0.579. The van der Waals surface area contributed by atoms with Crippen LogP contribution in [0.15, 0.2) is 18.2 Å². The molecule has 0 saturated carbocycles. The largest absolute Gasteiger partial charge is 0.508 e. The van der Waals surface area contributed by atoms with Crippen molar-refractivity contribution in [3.8, 4) is 11.5 Å². The lowest BCUT2D eigenvalue weighted by Gasteiger charge is -2.19. The molecule has 1 aromatic carbocycles. The van der Waals surface area contributed by atoms with E-state index in [0.29, 0.717) is 18.9 Å². The molecule has 0 atom stereocenters. The second kappa shape index (κ2) is 10.5. The fourth-order valence-electron chi connectivity index (χ4n) is 2.18. The van der Waals surface area contributed by atoms with Gasteiger partial charge in [0.05, 0.1) is 19.3 Å². The second-order valence-corrected chi connectivity index (χ2v) is 6.90. The van der Waals surface area contributed by atoms with Gasteiger partial charge in [-0.2, -0.15) is 0 Å². The van der Waals surface area contributed by atoms with Gasteiger partial charge in [-0.05, 0) is 45.7 Å². The van der Waals surface area contributed by atoms with Crippen molar-refractivity contribution in [2.24, 2.45) is 0 Å². The zero-order valence-corrected chi connectivity index (χ0v) is 16.0. The number of carbonyl (C=O) groups is 2. The number of unbranched alkanes of at least 4 members (excludes halogenated alkanes) is 3. The quantitative estimate of drug-likeness (QED) is 0.511. The maximum atomic E-state index is 11.5. The van der Waals surface area contributed by atoms with Crippen LogP contribution in [0.5, 0.6) is 11.5 Å². The normalized spacial score (nSPS) is 10.9. The van der Waals surface area contributed by atoms with Gasteiger partial charge < -0.3 is 24.6 Å². The number of methoxy groups -OCH3 is 1. The Bertz CT molecular complexity index is 594. The molecule has 1 rings (SSSR count). The van der Waals surface area contributed by atoms with Gasteiger partial charge in [0.15, 0.2) is 0 Å². The highest BCUT2D eigenvalue weighted by molar-refractivity contribution is 5.90. The van der Waals surface area contributed by atoms with Crippen LogP contribution in [-0.2, 0) is 9.47 Å². The van der Waals surface area contributed by atoms with Gasteiger partial charge in [0, 0.05) is 12.6 Å². The summed E-state index contributed by atoms with van der Waals surface area (Å²) in [6.07, 6.45) is 3.19. The third-order valence-corrected chi connectivity index (χ3v) is 3.32. The molecule has 7 heteroatoms. The molecule has 0 unspecified atom stereocenters. The average molecular weight is 367 g/mol. The molecular weight excluding hydrogens is 338 g/mol.